The normalized spacial score (nSPS) is 29.3. The van der Waals surface area contributed by atoms with E-state index in [0.717, 1.165) is 32.4 Å². The first-order valence-electron chi connectivity index (χ1n) is 8.81. The number of nitrogens with one attached hydrogen (secondary N) is 1. The van der Waals surface area contributed by atoms with Gasteiger partial charge in [-0.15, -0.1) is 0 Å². The van der Waals surface area contributed by atoms with E-state index in [2.05, 4.69) is 34.1 Å². The number of benzene rings is 1. The molecule has 3 N–H and O–H groups in total. The lowest BCUT2D eigenvalue weighted by Crippen LogP contribution is -2.49. The molecule has 4 rings (SSSR count). The average Bonchev–Trinajstić information content (AvgIpc) is 2.93. The molecule has 1 saturated heterocycles. The van der Waals surface area contributed by atoms with Gasteiger partial charge in [0, 0.05) is 42.2 Å². The highest BCUT2D eigenvalue weighted by Gasteiger charge is 2.41. The molecule has 0 radical (unpaired) electrons. The molecule has 2 aromatic rings. The summed E-state index contributed by atoms with van der Waals surface area (Å²) < 4.78 is 0. The van der Waals surface area contributed by atoms with Gasteiger partial charge < -0.3 is 15.2 Å². The number of hydrogen-bond acceptors (Lipinski definition) is 3. The molecule has 3 heterocycles. The quantitative estimate of drug-likeness (QED) is 0.816. The largest absolute Gasteiger partial charge is 0.396 e. The molecule has 2 aliphatic rings. The number of aliphatic hydroxyl groups excluding tert-OH is 2. The van der Waals surface area contributed by atoms with Crippen LogP contribution in [0, 0.1) is 11.8 Å². The number of aliphatic hydroxyl groups is 2. The van der Waals surface area contributed by atoms with E-state index in [0.29, 0.717) is 12.0 Å². The molecule has 0 spiro atoms. The Morgan fingerprint density at radius 1 is 1.35 bits per heavy atom. The highest BCUT2D eigenvalue weighted by Crippen LogP contribution is 2.44. The Bertz CT molecular complexity index is 694. The first-order chi connectivity index (χ1) is 11.2. The summed E-state index contributed by atoms with van der Waals surface area (Å²) in [7, 11) is 0. The molecular weight excluding hydrogens is 288 g/mol. The summed E-state index contributed by atoms with van der Waals surface area (Å²) in [6.45, 7) is 4.10. The van der Waals surface area contributed by atoms with Gasteiger partial charge in [-0.1, -0.05) is 18.2 Å². The molecule has 0 bridgehead atoms. The second kappa shape index (κ2) is 5.93. The zero-order chi connectivity index (χ0) is 16.0. The zero-order valence-electron chi connectivity index (χ0n) is 13.7. The van der Waals surface area contributed by atoms with Crippen molar-refractivity contribution in [1.29, 1.82) is 0 Å². The number of fused-ring (bicyclic) bond motifs is 5. The number of nitrogens with zero attached hydrogens (tertiary/aromatic N) is 1. The van der Waals surface area contributed by atoms with Gasteiger partial charge in [-0.25, -0.2) is 0 Å². The Balaban J connectivity index is 1.70. The van der Waals surface area contributed by atoms with E-state index in [1.165, 1.54) is 22.2 Å². The molecule has 4 nitrogen and oxygen atoms in total. The number of H-pyrrole nitrogens is 1. The number of para-hydroxylation sites is 1. The van der Waals surface area contributed by atoms with Gasteiger partial charge >= 0.3 is 0 Å². The smallest absolute Gasteiger partial charge is 0.0555 e. The van der Waals surface area contributed by atoms with Crippen molar-refractivity contribution in [2.75, 3.05) is 19.7 Å². The maximum Gasteiger partial charge on any atom is 0.0555 e. The Morgan fingerprint density at radius 2 is 2.17 bits per heavy atom. The van der Waals surface area contributed by atoms with Crippen LogP contribution < -0.4 is 0 Å². The SMILES string of the molecule is C[C@@H](O)[C@H]1CN2CCc3c([nH]c4ccccc34)[C@@H]2C[C@@H]1CCO. The minimum atomic E-state index is -0.309. The summed E-state index contributed by atoms with van der Waals surface area (Å²) in [6, 6.07) is 8.97. The molecule has 0 amide bonds. The van der Waals surface area contributed by atoms with Gasteiger partial charge in [-0.3, -0.25) is 4.90 Å². The van der Waals surface area contributed by atoms with E-state index in [4.69, 9.17) is 0 Å². The maximum atomic E-state index is 10.2. The van der Waals surface area contributed by atoms with Crippen LogP contribution in [0.4, 0.5) is 0 Å². The Kier molecular flexibility index (Phi) is 3.92. The van der Waals surface area contributed by atoms with E-state index in [1.54, 1.807) is 0 Å². The van der Waals surface area contributed by atoms with Gasteiger partial charge in [0.1, 0.15) is 0 Å². The van der Waals surface area contributed by atoms with Crippen molar-refractivity contribution in [3.63, 3.8) is 0 Å². The molecule has 124 valence electrons. The standard InChI is InChI=1S/C19H26N2O2/c1-12(23)16-11-21-8-6-15-14-4-2-3-5-17(14)20-19(15)18(21)10-13(16)7-9-22/h2-5,12-13,16,18,20,22-23H,6-11H2,1H3/t12-,13+,16-,18+/m1/s1. The van der Waals surface area contributed by atoms with E-state index < -0.39 is 0 Å². The van der Waals surface area contributed by atoms with Gasteiger partial charge in [-0.05, 0) is 43.7 Å². The molecule has 2 aliphatic heterocycles. The lowest BCUT2D eigenvalue weighted by Gasteiger charge is -2.47. The van der Waals surface area contributed by atoms with E-state index >= 15 is 0 Å². The van der Waals surface area contributed by atoms with Crippen LogP contribution in [0.2, 0.25) is 0 Å². The summed E-state index contributed by atoms with van der Waals surface area (Å²) in [5.41, 5.74) is 4.07. The molecule has 0 aliphatic carbocycles. The molecule has 1 aromatic heterocycles. The monoisotopic (exact) mass is 314 g/mol. The molecule has 1 fully saturated rings. The molecule has 0 saturated carbocycles. The van der Waals surface area contributed by atoms with Crippen molar-refractivity contribution in [1.82, 2.24) is 9.88 Å². The number of hydrogen-bond donors (Lipinski definition) is 3. The summed E-state index contributed by atoms with van der Waals surface area (Å²) in [6.07, 6.45) is 2.58. The molecule has 23 heavy (non-hydrogen) atoms. The predicted octanol–water partition coefficient (Wildman–Crippen LogP) is 2.47. The van der Waals surface area contributed by atoms with Crippen molar-refractivity contribution in [3.8, 4) is 0 Å². The second-order valence-corrected chi connectivity index (χ2v) is 7.24. The van der Waals surface area contributed by atoms with Gasteiger partial charge in [0.25, 0.3) is 0 Å². The highest BCUT2D eigenvalue weighted by atomic mass is 16.3. The van der Waals surface area contributed by atoms with Gasteiger partial charge in [0.15, 0.2) is 0 Å². The van der Waals surface area contributed by atoms with E-state index in [1.807, 2.05) is 6.92 Å². The molecular formula is C19H26N2O2. The number of rotatable bonds is 3. The third-order valence-corrected chi connectivity index (χ3v) is 5.97. The van der Waals surface area contributed by atoms with Crippen molar-refractivity contribution in [2.45, 2.75) is 38.3 Å². The summed E-state index contributed by atoms with van der Waals surface area (Å²) >= 11 is 0. The van der Waals surface area contributed by atoms with Crippen molar-refractivity contribution in [3.05, 3.63) is 35.5 Å². The fraction of sp³-hybridized carbons (Fsp3) is 0.579. The van der Waals surface area contributed by atoms with E-state index in [-0.39, 0.29) is 18.6 Å². The van der Waals surface area contributed by atoms with Crippen molar-refractivity contribution >= 4 is 10.9 Å². The fourth-order valence-electron chi connectivity index (χ4n) is 4.78. The summed E-state index contributed by atoms with van der Waals surface area (Å²) in [5.74, 6) is 0.656. The number of aromatic nitrogens is 1. The van der Waals surface area contributed by atoms with Crippen LogP contribution >= 0.6 is 0 Å². The second-order valence-electron chi connectivity index (χ2n) is 7.24. The molecule has 0 unspecified atom stereocenters. The number of piperidine rings is 1. The van der Waals surface area contributed by atoms with E-state index in [9.17, 15) is 10.2 Å². The maximum absolute atomic E-state index is 10.2. The van der Waals surface area contributed by atoms with Crippen LogP contribution in [0.25, 0.3) is 10.9 Å². The molecule has 4 atom stereocenters. The highest BCUT2D eigenvalue weighted by molar-refractivity contribution is 5.85. The Morgan fingerprint density at radius 3 is 2.96 bits per heavy atom. The van der Waals surface area contributed by atoms with Crippen LogP contribution in [0.1, 0.15) is 37.1 Å². The topological polar surface area (TPSA) is 59.5 Å². The zero-order valence-corrected chi connectivity index (χ0v) is 13.7. The Labute approximate surface area is 137 Å². The Hall–Kier alpha value is -1.36. The van der Waals surface area contributed by atoms with Crippen LogP contribution in [0.5, 0.6) is 0 Å². The minimum absolute atomic E-state index is 0.208. The summed E-state index contributed by atoms with van der Waals surface area (Å²) in [4.78, 5) is 6.19. The van der Waals surface area contributed by atoms with Gasteiger partial charge in [0.05, 0.1) is 12.1 Å². The summed E-state index contributed by atoms with van der Waals surface area (Å²) in [5, 5.41) is 20.9. The third kappa shape index (κ3) is 2.49. The lowest BCUT2D eigenvalue weighted by molar-refractivity contribution is -0.0175. The van der Waals surface area contributed by atoms with Crippen molar-refractivity contribution < 1.29 is 10.2 Å². The predicted molar refractivity (Wildman–Crippen MR) is 91.3 cm³/mol. The third-order valence-electron chi connectivity index (χ3n) is 5.97. The molecule has 4 heteroatoms. The van der Waals surface area contributed by atoms with Crippen molar-refractivity contribution in [2.24, 2.45) is 11.8 Å². The van der Waals surface area contributed by atoms with Gasteiger partial charge in [0.2, 0.25) is 0 Å². The van der Waals surface area contributed by atoms with Crippen LogP contribution in [0.3, 0.4) is 0 Å². The number of aromatic amines is 1. The first-order valence-corrected chi connectivity index (χ1v) is 8.81. The molecule has 1 aromatic carbocycles. The van der Waals surface area contributed by atoms with Crippen LogP contribution in [0.15, 0.2) is 24.3 Å². The minimum Gasteiger partial charge on any atom is -0.396 e. The van der Waals surface area contributed by atoms with Crippen LogP contribution in [-0.4, -0.2) is 45.9 Å². The van der Waals surface area contributed by atoms with Gasteiger partial charge in [-0.2, -0.15) is 0 Å². The lowest BCUT2D eigenvalue weighted by atomic mass is 9.75. The van der Waals surface area contributed by atoms with Crippen LogP contribution in [-0.2, 0) is 6.42 Å². The fourth-order valence-corrected chi connectivity index (χ4v) is 4.78. The first kappa shape index (κ1) is 15.2. The average molecular weight is 314 g/mol.